The van der Waals surface area contributed by atoms with Gasteiger partial charge < -0.3 is 4.57 Å². The van der Waals surface area contributed by atoms with Gasteiger partial charge in [-0.1, -0.05) is 136 Å². The lowest BCUT2D eigenvalue weighted by molar-refractivity contribution is -0.133. The molecule has 3 nitrogen and oxygen atoms in total. The smallest absolute Gasteiger partial charge is 0.171 e. The van der Waals surface area contributed by atoms with Crippen LogP contribution in [0.1, 0.15) is 37.8 Å². The summed E-state index contributed by atoms with van der Waals surface area (Å²) in [5, 5.41) is 1.87. The number of rotatable bonds is 8. The van der Waals surface area contributed by atoms with Crippen molar-refractivity contribution in [2.45, 2.75) is 33.1 Å². The van der Waals surface area contributed by atoms with Crippen molar-refractivity contribution in [3.63, 3.8) is 0 Å². The first-order chi connectivity index (χ1) is 17.2. The molecule has 4 heteroatoms. The Morgan fingerprint density at radius 2 is 1.11 bits per heavy atom. The van der Waals surface area contributed by atoms with E-state index in [0.29, 0.717) is 21.5 Å². The molecule has 0 aliphatic heterocycles. The van der Waals surface area contributed by atoms with E-state index < -0.39 is 18.5 Å². The van der Waals surface area contributed by atoms with Gasteiger partial charge in [0, 0.05) is 27.7 Å². The number of hydrogen-bond donors (Lipinski definition) is 0. The van der Waals surface area contributed by atoms with Gasteiger partial charge in [-0.15, -0.1) is 0 Å². The van der Waals surface area contributed by atoms with E-state index in [2.05, 4.69) is 0 Å². The van der Waals surface area contributed by atoms with Crippen molar-refractivity contribution in [2.24, 2.45) is 5.41 Å². The van der Waals surface area contributed by atoms with E-state index in [4.69, 9.17) is 0 Å². The first-order valence-corrected chi connectivity index (χ1v) is 13.9. The van der Waals surface area contributed by atoms with E-state index in [9.17, 15) is 9.59 Å². The fraction of sp³-hybridized carbons (Fsp3) is 0.188. The van der Waals surface area contributed by atoms with Gasteiger partial charge in [0.2, 0.25) is 0 Å². The lowest BCUT2D eigenvalue weighted by Crippen LogP contribution is -2.37. The third-order valence-corrected chi connectivity index (χ3v) is 9.51. The summed E-state index contributed by atoms with van der Waals surface area (Å²) in [6, 6.07) is 35.4. The Hall–Kier alpha value is -3.55. The van der Waals surface area contributed by atoms with Crippen LogP contribution in [0.4, 0.5) is 0 Å². The molecule has 0 bridgehead atoms. The third kappa shape index (κ3) is 5.17. The Balaban J connectivity index is 1.95. The van der Waals surface area contributed by atoms with Crippen molar-refractivity contribution >= 4 is 34.6 Å². The van der Waals surface area contributed by atoms with Gasteiger partial charge in [-0.25, -0.2) is 0 Å². The van der Waals surface area contributed by atoms with Crippen molar-refractivity contribution < 1.29 is 14.2 Å². The van der Waals surface area contributed by atoms with Crippen LogP contribution in [0.2, 0.25) is 0 Å². The van der Waals surface area contributed by atoms with Gasteiger partial charge in [-0.05, 0) is 11.1 Å². The maximum Gasteiger partial charge on any atom is 0.171 e. The summed E-state index contributed by atoms with van der Waals surface area (Å²) in [5.74, 6) is -1.40. The second kappa shape index (κ2) is 10.6. The van der Waals surface area contributed by atoms with Gasteiger partial charge >= 0.3 is 0 Å². The first kappa shape index (κ1) is 25.5. The van der Waals surface area contributed by atoms with Crippen LogP contribution in [-0.4, -0.2) is 11.6 Å². The van der Waals surface area contributed by atoms with Gasteiger partial charge in [0.15, 0.2) is 18.7 Å². The second-order valence-corrected chi connectivity index (χ2v) is 12.7. The molecular formula is C32H31O3P. The predicted molar refractivity (Wildman–Crippen MR) is 148 cm³/mol. The number of carbonyl (C=O) groups excluding carboxylic acids is 2. The molecule has 4 aromatic rings. The molecule has 0 fully saturated rings. The molecule has 0 aliphatic rings. The van der Waals surface area contributed by atoms with E-state index in [0.717, 1.165) is 5.56 Å². The molecule has 0 N–H and O–H groups in total. The third-order valence-electron chi connectivity index (χ3n) is 6.37. The van der Waals surface area contributed by atoms with Crippen LogP contribution < -0.4 is 15.9 Å². The highest BCUT2D eigenvalue weighted by Gasteiger charge is 2.40. The van der Waals surface area contributed by atoms with E-state index >= 15 is 4.57 Å². The van der Waals surface area contributed by atoms with E-state index in [1.54, 1.807) is 6.07 Å². The Bertz CT molecular complexity index is 1340. The van der Waals surface area contributed by atoms with Crippen LogP contribution in [0, 0.1) is 5.41 Å². The molecule has 0 saturated heterocycles. The van der Waals surface area contributed by atoms with Crippen LogP contribution in [-0.2, 0) is 20.6 Å². The highest BCUT2D eigenvalue weighted by Crippen LogP contribution is 2.45. The molecular weight excluding hydrogens is 463 g/mol. The Morgan fingerprint density at radius 3 is 1.61 bits per heavy atom. The summed E-state index contributed by atoms with van der Waals surface area (Å²) in [6.45, 7) is 5.48. The minimum Gasteiger partial charge on any atom is -0.309 e. The minimum atomic E-state index is -3.39. The summed E-state index contributed by atoms with van der Waals surface area (Å²) in [5.41, 5.74) is 0.614. The molecule has 182 valence electrons. The van der Waals surface area contributed by atoms with E-state index in [1.165, 1.54) is 0 Å². The topological polar surface area (TPSA) is 51.2 Å². The quantitative estimate of drug-likeness (QED) is 0.229. The molecule has 0 aliphatic carbocycles. The molecule has 0 aromatic heterocycles. The van der Waals surface area contributed by atoms with Crippen LogP contribution >= 0.6 is 7.14 Å². The standard InChI is InChI=1S/C32H31O3P/c1-32(2,3)31(34)30(28(33)23-24-15-7-4-8-16-24)27-21-13-14-22-29(27)36(35,25-17-9-5-10-18-25)26-19-11-6-12-20-26/h4-22,30H,23H2,1-3H3. The fourth-order valence-corrected chi connectivity index (χ4v) is 7.42. The summed E-state index contributed by atoms with van der Waals surface area (Å²) in [7, 11) is -3.39. The molecule has 1 unspecified atom stereocenters. The molecule has 0 amide bonds. The maximum absolute atomic E-state index is 15.2. The van der Waals surface area contributed by atoms with E-state index in [1.807, 2.05) is 130 Å². The number of Topliss-reactive ketones (excluding diaryl/α,β-unsaturated/α-hetero) is 2. The summed E-state index contributed by atoms with van der Waals surface area (Å²) < 4.78 is 15.2. The zero-order valence-electron chi connectivity index (χ0n) is 20.9. The summed E-state index contributed by atoms with van der Waals surface area (Å²) in [6.07, 6.45) is 0.128. The molecule has 4 aromatic carbocycles. The van der Waals surface area contributed by atoms with Crippen molar-refractivity contribution in [3.05, 3.63) is 126 Å². The fourth-order valence-electron chi connectivity index (χ4n) is 4.51. The lowest BCUT2D eigenvalue weighted by Gasteiger charge is -2.29. The number of ketones is 2. The van der Waals surface area contributed by atoms with Gasteiger partial charge in [-0.3, -0.25) is 9.59 Å². The van der Waals surface area contributed by atoms with Crippen LogP contribution in [0.25, 0.3) is 0 Å². The monoisotopic (exact) mass is 494 g/mol. The predicted octanol–water partition coefficient (Wildman–Crippen LogP) is 5.84. The number of carbonyl (C=O) groups is 2. The Labute approximate surface area is 213 Å². The van der Waals surface area contributed by atoms with Crippen LogP contribution in [0.15, 0.2) is 115 Å². The number of benzene rings is 4. The largest absolute Gasteiger partial charge is 0.309 e. The maximum atomic E-state index is 15.2. The van der Waals surface area contributed by atoms with Crippen molar-refractivity contribution in [1.29, 1.82) is 0 Å². The van der Waals surface area contributed by atoms with Crippen molar-refractivity contribution in [2.75, 3.05) is 0 Å². The second-order valence-electron chi connectivity index (χ2n) is 10.0. The molecule has 1 atom stereocenters. The molecule has 36 heavy (non-hydrogen) atoms. The molecule has 4 rings (SSSR count). The van der Waals surface area contributed by atoms with Crippen molar-refractivity contribution in [1.82, 2.24) is 0 Å². The highest BCUT2D eigenvalue weighted by molar-refractivity contribution is 7.85. The van der Waals surface area contributed by atoms with Gasteiger partial charge in [0.25, 0.3) is 0 Å². The van der Waals surface area contributed by atoms with Gasteiger partial charge in [0.1, 0.15) is 5.92 Å². The molecule has 0 spiro atoms. The highest BCUT2D eigenvalue weighted by atomic mass is 31.2. The Kier molecular flexibility index (Phi) is 7.52. The minimum absolute atomic E-state index is 0.128. The van der Waals surface area contributed by atoms with E-state index in [-0.39, 0.29) is 18.0 Å². The normalized spacial score (nSPS) is 12.6. The lowest BCUT2D eigenvalue weighted by atomic mass is 9.77. The average molecular weight is 495 g/mol. The van der Waals surface area contributed by atoms with Crippen LogP contribution in [0.5, 0.6) is 0 Å². The van der Waals surface area contributed by atoms with Gasteiger partial charge in [0.05, 0.1) is 0 Å². The summed E-state index contributed by atoms with van der Waals surface area (Å²) >= 11 is 0. The molecule has 0 saturated carbocycles. The average Bonchev–Trinajstić information content (AvgIpc) is 2.90. The van der Waals surface area contributed by atoms with Gasteiger partial charge in [-0.2, -0.15) is 0 Å². The Morgan fingerprint density at radius 1 is 0.667 bits per heavy atom. The SMILES string of the molecule is CC(C)(C)C(=O)C(C(=O)Cc1ccccc1)c1ccccc1P(=O)(c1ccccc1)c1ccccc1. The first-order valence-electron chi connectivity index (χ1n) is 12.1. The van der Waals surface area contributed by atoms with Crippen LogP contribution in [0.3, 0.4) is 0 Å². The zero-order chi connectivity index (χ0) is 25.8. The summed E-state index contributed by atoms with van der Waals surface area (Å²) in [4.78, 5) is 27.7. The number of hydrogen-bond acceptors (Lipinski definition) is 3. The molecule has 0 heterocycles. The van der Waals surface area contributed by atoms with Crippen molar-refractivity contribution in [3.8, 4) is 0 Å². The zero-order valence-corrected chi connectivity index (χ0v) is 21.8. The molecule has 0 radical (unpaired) electrons.